The van der Waals surface area contributed by atoms with Gasteiger partial charge in [-0.1, -0.05) is 6.92 Å². The van der Waals surface area contributed by atoms with Gasteiger partial charge >= 0.3 is 11.9 Å². The van der Waals surface area contributed by atoms with Gasteiger partial charge in [0.2, 0.25) is 0 Å². The van der Waals surface area contributed by atoms with Gasteiger partial charge in [-0.2, -0.15) is 5.11 Å². The third-order valence-corrected chi connectivity index (χ3v) is 4.86. The molecule has 0 aliphatic carbocycles. The predicted octanol–water partition coefficient (Wildman–Crippen LogP) is 5.16. The molecule has 9 heteroatoms. The lowest BCUT2D eigenvalue weighted by molar-refractivity contribution is -0.138. The Balaban J connectivity index is 1.45. The zero-order valence-electron chi connectivity index (χ0n) is 19.7. The summed E-state index contributed by atoms with van der Waals surface area (Å²) in [6, 6.07) is 11.7. The number of hydrogen-bond acceptors (Lipinski definition) is 9. The van der Waals surface area contributed by atoms with Crippen molar-refractivity contribution in [2.45, 2.75) is 33.6 Å². The minimum absolute atomic E-state index is 0.147. The highest BCUT2D eigenvalue weighted by Gasteiger charge is 2.33. The van der Waals surface area contributed by atoms with Crippen LogP contribution in [0, 0.1) is 5.41 Å². The molecule has 3 rings (SSSR count). The Labute approximate surface area is 199 Å². The van der Waals surface area contributed by atoms with Gasteiger partial charge in [-0.15, -0.1) is 5.11 Å². The molecule has 0 amide bonds. The monoisotopic (exact) mass is 470 g/mol. The van der Waals surface area contributed by atoms with E-state index in [1.54, 1.807) is 24.3 Å². The lowest BCUT2D eigenvalue weighted by atomic mass is 9.90. The number of benzene rings is 2. The Morgan fingerprint density at radius 3 is 2.24 bits per heavy atom. The first-order valence-corrected chi connectivity index (χ1v) is 11.1. The second-order valence-corrected chi connectivity index (χ2v) is 8.42. The number of unbranched alkanes of at least 4 members (excludes halogenated alkanes) is 1. The van der Waals surface area contributed by atoms with Crippen molar-refractivity contribution >= 4 is 23.3 Å². The van der Waals surface area contributed by atoms with Crippen molar-refractivity contribution in [3.8, 4) is 17.2 Å². The van der Waals surface area contributed by atoms with Crippen LogP contribution in [0.2, 0.25) is 0 Å². The van der Waals surface area contributed by atoms with Crippen molar-refractivity contribution in [1.82, 2.24) is 0 Å². The average Bonchev–Trinajstić information content (AvgIpc) is 2.77. The van der Waals surface area contributed by atoms with Crippen molar-refractivity contribution in [1.29, 1.82) is 0 Å². The van der Waals surface area contributed by atoms with Gasteiger partial charge in [-0.25, -0.2) is 0 Å². The number of carbonyl (C=O) groups excluding carboxylic acids is 2. The highest BCUT2D eigenvalue weighted by atomic mass is 16.5. The Kier molecular flexibility index (Phi) is 9.12. The predicted molar refractivity (Wildman–Crippen MR) is 124 cm³/mol. The number of nitrogens with zero attached hydrogens (tertiary/aromatic N) is 2. The number of hydrogen-bond donors (Lipinski definition) is 0. The molecule has 2 aromatic carbocycles. The quantitative estimate of drug-likeness (QED) is 0.182. The first-order chi connectivity index (χ1) is 16.3. The number of rotatable bonds is 12. The molecule has 2 aromatic rings. The molecule has 0 atom stereocenters. The van der Waals surface area contributed by atoms with E-state index >= 15 is 0 Å². The van der Waals surface area contributed by atoms with Crippen molar-refractivity contribution in [3.05, 3.63) is 42.5 Å². The van der Waals surface area contributed by atoms with Gasteiger partial charge in [0, 0.05) is 31.9 Å². The van der Waals surface area contributed by atoms with Crippen LogP contribution < -0.4 is 14.2 Å². The summed E-state index contributed by atoms with van der Waals surface area (Å²) in [5, 5.41) is 8.34. The van der Waals surface area contributed by atoms with Gasteiger partial charge in [0.1, 0.15) is 17.2 Å². The van der Waals surface area contributed by atoms with Crippen LogP contribution in [0.4, 0.5) is 11.4 Å². The summed E-state index contributed by atoms with van der Waals surface area (Å²) in [5.74, 6) is 0.136. The molecule has 0 aromatic heterocycles. The minimum atomic E-state index is -0.522. The maximum Gasteiger partial charge on any atom is 0.308 e. The Morgan fingerprint density at radius 2 is 1.59 bits per heavy atom. The smallest absolute Gasteiger partial charge is 0.308 e. The second-order valence-electron chi connectivity index (χ2n) is 8.42. The fraction of sp³-hybridized carbons (Fsp3) is 0.440. The standard InChI is InChI=1S/C25H30N2O7/c1-18(28)33-22-10-11-23(24(14-22)34-19(2)29)27-26-20-6-8-21(9-7-20)32-13-5-4-12-30-15-25(3)16-31-17-25/h6-11,14H,4-5,12-13,15-17H2,1-3H3. The molecule has 9 nitrogen and oxygen atoms in total. The van der Waals surface area contributed by atoms with E-state index in [2.05, 4.69) is 17.2 Å². The van der Waals surface area contributed by atoms with Crippen LogP contribution in [0.3, 0.4) is 0 Å². The number of carbonyl (C=O) groups is 2. The third-order valence-electron chi connectivity index (χ3n) is 4.86. The largest absolute Gasteiger partial charge is 0.494 e. The van der Waals surface area contributed by atoms with E-state index in [9.17, 15) is 9.59 Å². The molecule has 1 saturated heterocycles. The SMILES string of the molecule is CC(=O)Oc1ccc(N=Nc2ccc(OCCCCOCC3(C)COC3)cc2)c(OC(C)=O)c1. The van der Waals surface area contributed by atoms with Crippen molar-refractivity contribution < 1.29 is 33.3 Å². The lowest BCUT2D eigenvalue weighted by Gasteiger charge is -2.37. The lowest BCUT2D eigenvalue weighted by Crippen LogP contribution is -2.43. The summed E-state index contributed by atoms with van der Waals surface area (Å²) in [5.41, 5.74) is 1.12. The molecular formula is C25H30N2O7. The highest BCUT2D eigenvalue weighted by Crippen LogP contribution is 2.33. The summed E-state index contributed by atoms with van der Waals surface area (Å²) in [7, 11) is 0. The Hall–Kier alpha value is -3.30. The molecule has 0 unspecified atom stereocenters. The Morgan fingerprint density at radius 1 is 0.912 bits per heavy atom. The molecule has 0 N–H and O–H groups in total. The van der Waals surface area contributed by atoms with Gasteiger partial charge in [-0.3, -0.25) is 9.59 Å². The molecule has 0 bridgehead atoms. The molecule has 34 heavy (non-hydrogen) atoms. The average molecular weight is 471 g/mol. The normalized spacial score (nSPS) is 14.4. The molecule has 182 valence electrons. The molecule has 0 radical (unpaired) electrons. The van der Waals surface area contributed by atoms with Crippen LogP contribution in [-0.4, -0.2) is 45.0 Å². The van der Waals surface area contributed by atoms with Crippen LogP contribution in [0.25, 0.3) is 0 Å². The first kappa shape index (κ1) is 25.3. The van der Waals surface area contributed by atoms with Gasteiger partial charge in [-0.05, 0) is 49.2 Å². The number of azo groups is 1. The molecule has 1 heterocycles. The summed E-state index contributed by atoms with van der Waals surface area (Å²) in [4.78, 5) is 22.5. The van der Waals surface area contributed by atoms with Crippen molar-refractivity contribution in [3.63, 3.8) is 0 Å². The summed E-state index contributed by atoms with van der Waals surface area (Å²) in [6.07, 6.45) is 1.83. The van der Waals surface area contributed by atoms with Crippen LogP contribution in [0.1, 0.15) is 33.6 Å². The summed E-state index contributed by atoms with van der Waals surface area (Å²) >= 11 is 0. The topological polar surface area (TPSA) is 105 Å². The Bertz CT molecular complexity index is 1000. The molecule has 0 spiro atoms. The fourth-order valence-electron chi connectivity index (χ4n) is 3.11. The van der Waals surface area contributed by atoms with Gasteiger partial charge in [0.05, 0.1) is 32.1 Å². The van der Waals surface area contributed by atoms with E-state index in [4.69, 9.17) is 23.7 Å². The number of esters is 2. The molecular weight excluding hydrogens is 440 g/mol. The first-order valence-electron chi connectivity index (χ1n) is 11.1. The van der Waals surface area contributed by atoms with Crippen LogP contribution >= 0.6 is 0 Å². The van der Waals surface area contributed by atoms with Gasteiger partial charge in [0.25, 0.3) is 0 Å². The third kappa shape index (κ3) is 8.24. The fourth-order valence-corrected chi connectivity index (χ4v) is 3.11. The van der Waals surface area contributed by atoms with E-state index in [0.29, 0.717) is 18.0 Å². The zero-order chi connectivity index (χ0) is 24.4. The molecule has 1 fully saturated rings. The van der Waals surface area contributed by atoms with Gasteiger partial charge < -0.3 is 23.7 Å². The molecule has 1 aliphatic heterocycles. The maximum absolute atomic E-state index is 11.4. The minimum Gasteiger partial charge on any atom is -0.494 e. The van der Waals surface area contributed by atoms with E-state index in [1.165, 1.54) is 19.9 Å². The molecule has 0 saturated carbocycles. The maximum atomic E-state index is 11.4. The van der Waals surface area contributed by atoms with Crippen molar-refractivity contribution in [2.75, 3.05) is 33.0 Å². The van der Waals surface area contributed by atoms with Crippen LogP contribution in [0.15, 0.2) is 52.7 Å². The van der Waals surface area contributed by atoms with Crippen LogP contribution in [0.5, 0.6) is 17.2 Å². The number of ether oxygens (including phenoxy) is 5. The summed E-state index contributed by atoms with van der Waals surface area (Å²) in [6.45, 7) is 8.35. The van der Waals surface area contributed by atoms with E-state index in [-0.39, 0.29) is 16.9 Å². The molecule has 1 aliphatic rings. The zero-order valence-corrected chi connectivity index (χ0v) is 19.7. The van der Waals surface area contributed by atoms with E-state index in [1.807, 2.05) is 12.1 Å². The van der Waals surface area contributed by atoms with E-state index in [0.717, 1.165) is 45.0 Å². The van der Waals surface area contributed by atoms with Crippen LogP contribution in [-0.2, 0) is 19.1 Å². The van der Waals surface area contributed by atoms with E-state index < -0.39 is 11.9 Å². The van der Waals surface area contributed by atoms with Crippen molar-refractivity contribution in [2.24, 2.45) is 15.6 Å². The van der Waals surface area contributed by atoms with Gasteiger partial charge in [0.15, 0.2) is 5.75 Å². The highest BCUT2D eigenvalue weighted by molar-refractivity contribution is 5.73. The summed E-state index contributed by atoms with van der Waals surface area (Å²) < 4.78 is 26.9. The second kappa shape index (κ2) is 12.2.